The van der Waals surface area contributed by atoms with Crippen LogP contribution in [0.15, 0.2) is 24.3 Å². The molecule has 0 heterocycles. The highest BCUT2D eigenvalue weighted by atomic mass is 35.5. The summed E-state index contributed by atoms with van der Waals surface area (Å²) in [7, 11) is 0. The molecule has 3 nitrogen and oxygen atoms in total. The molecule has 0 aliphatic carbocycles. The molecule has 0 aliphatic heterocycles. The summed E-state index contributed by atoms with van der Waals surface area (Å²) in [5, 5.41) is 0.664. The van der Waals surface area contributed by atoms with Crippen molar-refractivity contribution >= 4 is 17.6 Å². The Morgan fingerprint density at radius 3 is 2.47 bits per heavy atom. The van der Waals surface area contributed by atoms with Gasteiger partial charge in [0.1, 0.15) is 12.6 Å². The van der Waals surface area contributed by atoms with E-state index in [0.717, 1.165) is 5.56 Å². The molecule has 1 atom stereocenters. The minimum absolute atomic E-state index is 0.238. The van der Waals surface area contributed by atoms with Gasteiger partial charge in [0, 0.05) is 5.02 Å². The molecule has 0 aromatic heterocycles. The summed E-state index contributed by atoms with van der Waals surface area (Å²) in [6, 6.07) is 6.63. The van der Waals surface area contributed by atoms with E-state index in [1.165, 1.54) is 0 Å². The SMILES string of the molecule is CC(C)C[C@@H](N)C(=O)OCc1ccc(Cl)cc1. The zero-order chi connectivity index (χ0) is 12.8. The third-order valence-corrected chi connectivity index (χ3v) is 2.57. The van der Waals surface area contributed by atoms with E-state index >= 15 is 0 Å². The van der Waals surface area contributed by atoms with Crippen LogP contribution in [0.5, 0.6) is 0 Å². The number of hydrogen-bond donors (Lipinski definition) is 1. The van der Waals surface area contributed by atoms with Gasteiger partial charge in [-0.15, -0.1) is 0 Å². The molecule has 4 heteroatoms. The fraction of sp³-hybridized carbons (Fsp3) is 0.462. The molecule has 0 fully saturated rings. The van der Waals surface area contributed by atoms with Crippen LogP contribution in [-0.2, 0) is 16.1 Å². The molecule has 0 unspecified atom stereocenters. The predicted octanol–water partition coefficient (Wildman–Crippen LogP) is 2.76. The normalized spacial score (nSPS) is 12.5. The summed E-state index contributed by atoms with van der Waals surface area (Å²) in [4.78, 5) is 11.5. The lowest BCUT2D eigenvalue weighted by Crippen LogP contribution is -2.33. The molecule has 17 heavy (non-hydrogen) atoms. The van der Waals surface area contributed by atoms with Gasteiger partial charge < -0.3 is 10.5 Å². The Hall–Kier alpha value is -1.06. The smallest absolute Gasteiger partial charge is 0.323 e. The molecule has 94 valence electrons. The van der Waals surface area contributed by atoms with E-state index in [1.807, 2.05) is 26.0 Å². The molecule has 0 radical (unpaired) electrons. The fourth-order valence-electron chi connectivity index (χ4n) is 1.45. The van der Waals surface area contributed by atoms with E-state index in [-0.39, 0.29) is 12.6 Å². The van der Waals surface area contributed by atoms with Gasteiger partial charge >= 0.3 is 5.97 Å². The highest BCUT2D eigenvalue weighted by molar-refractivity contribution is 6.30. The lowest BCUT2D eigenvalue weighted by atomic mass is 10.1. The summed E-state index contributed by atoms with van der Waals surface area (Å²) in [6.45, 7) is 4.28. The van der Waals surface area contributed by atoms with Gasteiger partial charge in [-0.1, -0.05) is 37.6 Å². The Balaban J connectivity index is 2.40. The van der Waals surface area contributed by atoms with Gasteiger partial charge in [-0.3, -0.25) is 4.79 Å². The van der Waals surface area contributed by atoms with Gasteiger partial charge in [0.05, 0.1) is 0 Å². The molecule has 0 saturated heterocycles. The highest BCUT2D eigenvalue weighted by Crippen LogP contribution is 2.11. The summed E-state index contributed by atoms with van der Waals surface area (Å²) in [5.41, 5.74) is 6.61. The number of esters is 1. The standard InChI is InChI=1S/C13H18ClNO2/c1-9(2)7-12(15)13(16)17-8-10-3-5-11(14)6-4-10/h3-6,9,12H,7-8,15H2,1-2H3/t12-/m1/s1. The second-order valence-electron chi connectivity index (χ2n) is 4.47. The van der Waals surface area contributed by atoms with E-state index in [1.54, 1.807) is 12.1 Å². The molecule has 0 saturated carbocycles. The number of halogens is 1. The second-order valence-corrected chi connectivity index (χ2v) is 4.91. The fourth-order valence-corrected chi connectivity index (χ4v) is 1.57. The van der Waals surface area contributed by atoms with Gasteiger partial charge in [0.2, 0.25) is 0 Å². The molecular weight excluding hydrogens is 238 g/mol. The van der Waals surface area contributed by atoms with E-state index in [4.69, 9.17) is 22.1 Å². The van der Waals surface area contributed by atoms with E-state index in [2.05, 4.69) is 0 Å². The van der Waals surface area contributed by atoms with Crippen LogP contribution >= 0.6 is 11.6 Å². The van der Waals surface area contributed by atoms with E-state index in [9.17, 15) is 4.79 Å². The summed E-state index contributed by atoms with van der Waals surface area (Å²) in [5.74, 6) is 0.0294. The van der Waals surface area contributed by atoms with Crippen LogP contribution in [0.1, 0.15) is 25.8 Å². The van der Waals surface area contributed by atoms with Crippen LogP contribution in [0.2, 0.25) is 5.02 Å². The number of ether oxygens (including phenoxy) is 1. The van der Waals surface area contributed by atoms with Gasteiger partial charge in [-0.2, -0.15) is 0 Å². The van der Waals surface area contributed by atoms with Crippen molar-refractivity contribution in [2.24, 2.45) is 11.7 Å². The molecule has 1 aromatic carbocycles. The quantitative estimate of drug-likeness (QED) is 0.823. The monoisotopic (exact) mass is 255 g/mol. The maximum Gasteiger partial charge on any atom is 0.323 e. The molecule has 2 N–H and O–H groups in total. The summed E-state index contributed by atoms with van der Waals surface area (Å²) in [6.07, 6.45) is 0.638. The van der Waals surface area contributed by atoms with Crippen LogP contribution in [0.4, 0.5) is 0 Å². The lowest BCUT2D eigenvalue weighted by molar-refractivity contribution is -0.146. The second kappa shape index (κ2) is 6.62. The lowest BCUT2D eigenvalue weighted by Gasteiger charge is -2.13. The molecule has 1 rings (SSSR count). The first-order valence-electron chi connectivity index (χ1n) is 5.65. The maximum atomic E-state index is 11.5. The maximum absolute atomic E-state index is 11.5. The van der Waals surface area contributed by atoms with Crippen molar-refractivity contribution in [1.29, 1.82) is 0 Å². The van der Waals surface area contributed by atoms with E-state index in [0.29, 0.717) is 17.4 Å². The minimum Gasteiger partial charge on any atom is -0.460 e. The van der Waals surface area contributed by atoms with Crippen molar-refractivity contribution < 1.29 is 9.53 Å². The third-order valence-electron chi connectivity index (χ3n) is 2.32. The van der Waals surface area contributed by atoms with Gasteiger partial charge in [0.25, 0.3) is 0 Å². The van der Waals surface area contributed by atoms with Crippen molar-refractivity contribution in [3.8, 4) is 0 Å². The average molecular weight is 256 g/mol. The molecule has 0 bridgehead atoms. The van der Waals surface area contributed by atoms with Crippen molar-refractivity contribution in [2.45, 2.75) is 32.9 Å². The first kappa shape index (κ1) is 14.0. The first-order valence-corrected chi connectivity index (χ1v) is 6.03. The first-order chi connectivity index (χ1) is 7.99. The summed E-state index contributed by atoms with van der Waals surface area (Å²) >= 11 is 5.75. The molecule has 0 amide bonds. The summed E-state index contributed by atoms with van der Waals surface area (Å²) < 4.78 is 5.12. The number of rotatable bonds is 5. The van der Waals surface area contributed by atoms with Crippen molar-refractivity contribution in [1.82, 2.24) is 0 Å². The number of nitrogens with two attached hydrogens (primary N) is 1. The zero-order valence-electron chi connectivity index (χ0n) is 10.2. The topological polar surface area (TPSA) is 52.3 Å². The molecular formula is C13H18ClNO2. The zero-order valence-corrected chi connectivity index (χ0v) is 10.9. The number of hydrogen-bond acceptors (Lipinski definition) is 3. The predicted molar refractivity (Wildman–Crippen MR) is 68.7 cm³/mol. The van der Waals surface area contributed by atoms with Gasteiger partial charge in [-0.25, -0.2) is 0 Å². The average Bonchev–Trinajstić information content (AvgIpc) is 2.27. The number of benzene rings is 1. The van der Waals surface area contributed by atoms with Crippen LogP contribution in [0, 0.1) is 5.92 Å². The van der Waals surface area contributed by atoms with Crippen LogP contribution in [-0.4, -0.2) is 12.0 Å². The Morgan fingerprint density at radius 2 is 1.94 bits per heavy atom. The van der Waals surface area contributed by atoms with Gasteiger partial charge in [-0.05, 0) is 30.0 Å². The Morgan fingerprint density at radius 1 is 1.35 bits per heavy atom. The van der Waals surface area contributed by atoms with Gasteiger partial charge in [0.15, 0.2) is 0 Å². The van der Waals surface area contributed by atoms with Crippen molar-refractivity contribution in [3.05, 3.63) is 34.9 Å². The Labute approximate surface area is 107 Å². The number of carbonyl (C=O) groups is 1. The molecule has 1 aromatic rings. The van der Waals surface area contributed by atoms with Crippen molar-refractivity contribution in [2.75, 3.05) is 0 Å². The van der Waals surface area contributed by atoms with E-state index < -0.39 is 6.04 Å². The largest absolute Gasteiger partial charge is 0.460 e. The van der Waals surface area contributed by atoms with Crippen LogP contribution < -0.4 is 5.73 Å². The molecule has 0 spiro atoms. The third kappa shape index (κ3) is 5.20. The Kier molecular flexibility index (Phi) is 5.45. The van der Waals surface area contributed by atoms with Crippen molar-refractivity contribution in [3.63, 3.8) is 0 Å². The minimum atomic E-state index is -0.540. The number of carbonyl (C=O) groups excluding carboxylic acids is 1. The van der Waals surface area contributed by atoms with Crippen LogP contribution in [0.25, 0.3) is 0 Å². The molecule has 0 aliphatic rings. The Bertz CT molecular complexity index is 362. The van der Waals surface area contributed by atoms with Crippen LogP contribution in [0.3, 0.4) is 0 Å². The highest BCUT2D eigenvalue weighted by Gasteiger charge is 2.16.